The van der Waals surface area contributed by atoms with Crippen LogP contribution in [0.2, 0.25) is 5.02 Å². The molecule has 2 aromatic carbocycles. The molecule has 0 unspecified atom stereocenters. The molecule has 3 rings (SSSR count). The van der Waals surface area contributed by atoms with Crippen LogP contribution >= 0.6 is 11.6 Å². The summed E-state index contributed by atoms with van der Waals surface area (Å²) >= 11 is 6.05. The molecule has 1 aliphatic heterocycles. The molecular formula is C24H30ClN3O3. The minimum atomic E-state index is -0.0478. The van der Waals surface area contributed by atoms with Gasteiger partial charge >= 0.3 is 0 Å². The zero-order valence-corrected chi connectivity index (χ0v) is 19.4. The molecule has 7 heteroatoms. The standard InChI is InChI=1S/C24H30ClN3O3/c1-16-6-5-7-17(2)23(16)26-21(29)14-27-8-10-28(11-9-27)22(30)15-31-24-18(3)12-20(25)13-19(24)4/h5-7,12-13H,8-11,14-15H2,1-4H3,(H,26,29). The maximum Gasteiger partial charge on any atom is 0.260 e. The number of halogens is 1. The number of amides is 2. The van der Waals surface area contributed by atoms with Gasteiger partial charge in [-0.2, -0.15) is 0 Å². The third kappa shape index (κ3) is 5.99. The molecule has 0 spiro atoms. The summed E-state index contributed by atoms with van der Waals surface area (Å²) in [6, 6.07) is 9.62. The summed E-state index contributed by atoms with van der Waals surface area (Å²) in [6.45, 7) is 10.6. The molecule has 166 valence electrons. The van der Waals surface area contributed by atoms with Crippen molar-refractivity contribution in [3.63, 3.8) is 0 Å². The molecule has 1 aliphatic rings. The molecule has 2 amide bonds. The van der Waals surface area contributed by atoms with Crippen molar-refractivity contribution in [2.75, 3.05) is 44.6 Å². The topological polar surface area (TPSA) is 61.9 Å². The summed E-state index contributed by atoms with van der Waals surface area (Å²) in [5.41, 5.74) is 4.81. The van der Waals surface area contributed by atoms with E-state index in [1.54, 1.807) is 4.90 Å². The van der Waals surface area contributed by atoms with Gasteiger partial charge in [0.2, 0.25) is 5.91 Å². The van der Waals surface area contributed by atoms with E-state index < -0.39 is 0 Å². The average Bonchev–Trinajstić information content (AvgIpc) is 2.70. The number of nitrogens with one attached hydrogen (secondary N) is 1. The highest BCUT2D eigenvalue weighted by Gasteiger charge is 2.23. The number of hydrogen-bond donors (Lipinski definition) is 1. The number of nitrogens with zero attached hydrogens (tertiary/aromatic N) is 2. The third-order valence-electron chi connectivity index (χ3n) is 5.60. The SMILES string of the molecule is Cc1cccc(C)c1NC(=O)CN1CCN(C(=O)COc2c(C)cc(Cl)cc2C)CC1. The summed E-state index contributed by atoms with van der Waals surface area (Å²) in [5, 5.41) is 3.68. The van der Waals surface area contributed by atoms with Crippen LogP contribution in [0.5, 0.6) is 5.75 Å². The number of para-hydroxylation sites is 1. The molecule has 6 nitrogen and oxygen atoms in total. The van der Waals surface area contributed by atoms with Crippen LogP contribution in [0.25, 0.3) is 0 Å². The average molecular weight is 444 g/mol. The van der Waals surface area contributed by atoms with Gasteiger partial charge in [0.1, 0.15) is 5.75 Å². The molecule has 0 aliphatic carbocycles. The first-order chi connectivity index (χ1) is 14.7. The zero-order chi connectivity index (χ0) is 22.5. The van der Waals surface area contributed by atoms with E-state index in [9.17, 15) is 9.59 Å². The second kappa shape index (κ2) is 10.2. The first-order valence-corrected chi connectivity index (χ1v) is 10.9. The van der Waals surface area contributed by atoms with Gasteiger partial charge in [0.15, 0.2) is 6.61 Å². The molecule has 1 fully saturated rings. The largest absolute Gasteiger partial charge is 0.483 e. The molecule has 1 heterocycles. The Hall–Kier alpha value is -2.57. The maximum atomic E-state index is 12.6. The first kappa shape index (κ1) is 23.1. The molecule has 31 heavy (non-hydrogen) atoms. The molecule has 0 radical (unpaired) electrons. The number of carbonyl (C=O) groups excluding carboxylic acids is 2. The van der Waals surface area contributed by atoms with Crippen LogP contribution in [-0.2, 0) is 9.59 Å². The Kier molecular flexibility index (Phi) is 7.57. The second-order valence-electron chi connectivity index (χ2n) is 8.13. The number of rotatable bonds is 6. The van der Waals surface area contributed by atoms with E-state index in [-0.39, 0.29) is 18.4 Å². The highest BCUT2D eigenvalue weighted by Crippen LogP contribution is 2.27. The van der Waals surface area contributed by atoms with Crippen LogP contribution in [0, 0.1) is 27.7 Å². The van der Waals surface area contributed by atoms with Crippen LogP contribution in [0.3, 0.4) is 0 Å². The van der Waals surface area contributed by atoms with E-state index >= 15 is 0 Å². The number of ether oxygens (including phenoxy) is 1. The lowest BCUT2D eigenvalue weighted by Crippen LogP contribution is -2.51. The van der Waals surface area contributed by atoms with Crippen LogP contribution in [0.4, 0.5) is 5.69 Å². The van der Waals surface area contributed by atoms with Gasteiger partial charge in [0.05, 0.1) is 6.54 Å². The molecule has 0 bridgehead atoms. The summed E-state index contributed by atoms with van der Waals surface area (Å²) in [4.78, 5) is 28.9. The Balaban J connectivity index is 1.46. The Morgan fingerprint density at radius 2 is 1.55 bits per heavy atom. The zero-order valence-electron chi connectivity index (χ0n) is 18.6. The highest BCUT2D eigenvalue weighted by atomic mass is 35.5. The van der Waals surface area contributed by atoms with Gasteiger partial charge in [-0.3, -0.25) is 14.5 Å². The van der Waals surface area contributed by atoms with Gasteiger partial charge in [0, 0.05) is 36.9 Å². The van der Waals surface area contributed by atoms with Crippen molar-refractivity contribution in [1.29, 1.82) is 0 Å². The van der Waals surface area contributed by atoms with Crippen LogP contribution < -0.4 is 10.1 Å². The number of benzene rings is 2. The number of anilines is 1. The fourth-order valence-electron chi connectivity index (χ4n) is 3.90. The van der Waals surface area contributed by atoms with Crippen molar-refractivity contribution >= 4 is 29.1 Å². The maximum absolute atomic E-state index is 12.6. The van der Waals surface area contributed by atoms with Gasteiger partial charge in [0.25, 0.3) is 5.91 Å². The number of carbonyl (C=O) groups is 2. The molecule has 0 aromatic heterocycles. The summed E-state index contributed by atoms with van der Waals surface area (Å²) in [6.07, 6.45) is 0. The highest BCUT2D eigenvalue weighted by molar-refractivity contribution is 6.30. The lowest BCUT2D eigenvalue weighted by Gasteiger charge is -2.34. The normalized spacial score (nSPS) is 14.4. The summed E-state index contributed by atoms with van der Waals surface area (Å²) in [5.74, 6) is 0.627. The van der Waals surface area contributed by atoms with Gasteiger partial charge < -0.3 is 15.0 Å². The molecular weight excluding hydrogens is 414 g/mol. The van der Waals surface area contributed by atoms with E-state index in [1.165, 1.54) is 0 Å². The van der Waals surface area contributed by atoms with Gasteiger partial charge in [-0.1, -0.05) is 29.8 Å². The molecule has 1 N–H and O–H groups in total. The molecule has 0 atom stereocenters. The smallest absolute Gasteiger partial charge is 0.260 e. The Morgan fingerprint density at radius 3 is 2.13 bits per heavy atom. The van der Waals surface area contributed by atoms with Crippen molar-refractivity contribution in [2.45, 2.75) is 27.7 Å². The fourth-order valence-corrected chi connectivity index (χ4v) is 4.23. The van der Waals surface area contributed by atoms with Crippen LogP contribution in [0.15, 0.2) is 30.3 Å². The molecule has 2 aromatic rings. The predicted molar refractivity (Wildman–Crippen MR) is 124 cm³/mol. The van der Waals surface area contributed by atoms with E-state index in [0.717, 1.165) is 27.9 Å². The quantitative estimate of drug-likeness (QED) is 0.738. The Morgan fingerprint density at radius 1 is 0.968 bits per heavy atom. The first-order valence-electron chi connectivity index (χ1n) is 10.5. The predicted octanol–water partition coefficient (Wildman–Crippen LogP) is 3.74. The van der Waals surface area contributed by atoms with E-state index in [0.29, 0.717) is 43.5 Å². The molecule has 0 saturated carbocycles. The fraction of sp³-hybridized carbons (Fsp3) is 0.417. The van der Waals surface area contributed by atoms with E-state index in [1.807, 2.05) is 58.0 Å². The van der Waals surface area contributed by atoms with E-state index in [2.05, 4.69) is 10.2 Å². The van der Waals surface area contributed by atoms with Gasteiger partial charge in [-0.05, 0) is 62.1 Å². The second-order valence-corrected chi connectivity index (χ2v) is 8.57. The van der Waals surface area contributed by atoms with Gasteiger partial charge in [-0.25, -0.2) is 0 Å². The minimum Gasteiger partial charge on any atom is -0.483 e. The monoisotopic (exact) mass is 443 g/mol. The van der Waals surface area contributed by atoms with Crippen LogP contribution in [-0.4, -0.2) is 60.9 Å². The van der Waals surface area contributed by atoms with Gasteiger partial charge in [-0.15, -0.1) is 0 Å². The summed E-state index contributed by atoms with van der Waals surface area (Å²) in [7, 11) is 0. The summed E-state index contributed by atoms with van der Waals surface area (Å²) < 4.78 is 5.79. The van der Waals surface area contributed by atoms with Crippen molar-refractivity contribution < 1.29 is 14.3 Å². The number of piperazine rings is 1. The van der Waals surface area contributed by atoms with Crippen molar-refractivity contribution in [3.05, 3.63) is 57.6 Å². The lowest BCUT2D eigenvalue weighted by atomic mass is 10.1. The van der Waals surface area contributed by atoms with Crippen molar-refractivity contribution in [2.24, 2.45) is 0 Å². The Labute approximate surface area is 189 Å². The van der Waals surface area contributed by atoms with E-state index in [4.69, 9.17) is 16.3 Å². The number of aryl methyl sites for hydroxylation is 4. The lowest BCUT2D eigenvalue weighted by molar-refractivity contribution is -0.135. The number of hydrogen-bond acceptors (Lipinski definition) is 4. The van der Waals surface area contributed by atoms with Crippen molar-refractivity contribution in [1.82, 2.24) is 9.80 Å². The van der Waals surface area contributed by atoms with Crippen LogP contribution in [0.1, 0.15) is 22.3 Å². The van der Waals surface area contributed by atoms with Crippen molar-refractivity contribution in [3.8, 4) is 5.75 Å². The minimum absolute atomic E-state index is 0.00361. The third-order valence-corrected chi connectivity index (χ3v) is 5.82. The molecule has 1 saturated heterocycles. The Bertz CT molecular complexity index is 925.